The second-order valence-corrected chi connectivity index (χ2v) is 5.47. The number of unbranched alkanes of at least 4 members (excludes halogenated alkanes) is 1. The van der Waals surface area contributed by atoms with E-state index in [0.29, 0.717) is 12.6 Å². The van der Waals surface area contributed by atoms with Gasteiger partial charge in [0.25, 0.3) is 0 Å². The molecule has 3 nitrogen and oxygen atoms in total. The van der Waals surface area contributed by atoms with Gasteiger partial charge in [-0.3, -0.25) is 4.90 Å². The summed E-state index contributed by atoms with van der Waals surface area (Å²) in [5.74, 6) is -0.0225. The molecule has 0 heterocycles. The van der Waals surface area contributed by atoms with Crippen LogP contribution in [0.5, 0.6) is 5.75 Å². The van der Waals surface area contributed by atoms with Gasteiger partial charge in [-0.05, 0) is 43.5 Å². The van der Waals surface area contributed by atoms with Crippen molar-refractivity contribution in [1.82, 2.24) is 4.90 Å². The molecule has 1 saturated carbocycles. The van der Waals surface area contributed by atoms with Crippen molar-refractivity contribution in [2.75, 3.05) is 20.2 Å². The Balaban J connectivity index is 2.18. The van der Waals surface area contributed by atoms with Gasteiger partial charge in [-0.2, -0.15) is 0 Å². The molecule has 1 fully saturated rings. The molecule has 2 rings (SSSR count). The molecular formula is C16H25FN2O. The Bertz CT molecular complexity index is 434. The summed E-state index contributed by atoms with van der Waals surface area (Å²) in [4.78, 5) is 2.45. The quantitative estimate of drug-likeness (QED) is 0.795. The molecule has 1 aliphatic rings. The number of halogens is 1. The molecule has 1 atom stereocenters. The minimum atomic E-state index is -0.310. The summed E-state index contributed by atoms with van der Waals surface area (Å²) in [6, 6.07) is 5.92. The van der Waals surface area contributed by atoms with Crippen molar-refractivity contribution in [3.8, 4) is 5.75 Å². The smallest absolute Gasteiger partial charge is 0.165 e. The molecule has 0 radical (unpaired) electrons. The third-order valence-corrected chi connectivity index (χ3v) is 3.97. The van der Waals surface area contributed by atoms with E-state index in [9.17, 15) is 4.39 Å². The Kier molecular flexibility index (Phi) is 5.38. The van der Waals surface area contributed by atoms with Crippen molar-refractivity contribution < 1.29 is 9.13 Å². The SMILES string of the molecule is CCCCN(C1CC1)C(CN)c1ccc(OC)c(F)c1. The van der Waals surface area contributed by atoms with E-state index in [1.165, 1.54) is 20.0 Å². The maximum Gasteiger partial charge on any atom is 0.165 e. The minimum absolute atomic E-state index is 0.106. The fraction of sp³-hybridized carbons (Fsp3) is 0.625. The topological polar surface area (TPSA) is 38.5 Å². The fourth-order valence-electron chi connectivity index (χ4n) is 2.69. The third-order valence-electron chi connectivity index (χ3n) is 3.97. The van der Waals surface area contributed by atoms with Crippen molar-refractivity contribution in [3.63, 3.8) is 0 Å². The first-order valence-corrected chi connectivity index (χ1v) is 7.50. The highest BCUT2D eigenvalue weighted by atomic mass is 19.1. The Morgan fingerprint density at radius 3 is 2.70 bits per heavy atom. The molecule has 0 amide bonds. The zero-order chi connectivity index (χ0) is 14.5. The second-order valence-electron chi connectivity index (χ2n) is 5.47. The first-order chi connectivity index (χ1) is 9.71. The predicted molar refractivity (Wildman–Crippen MR) is 79.4 cm³/mol. The molecule has 1 aromatic carbocycles. The zero-order valence-electron chi connectivity index (χ0n) is 12.4. The van der Waals surface area contributed by atoms with Crippen LogP contribution in [-0.4, -0.2) is 31.1 Å². The first kappa shape index (κ1) is 15.3. The lowest BCUT2D eigenvalue weighted by atomic mass is 10.0. The number of rotatable bonds is 8. The van der Waals surface area contributed by atoms with Crippen LogP contribution in [0.25, 0.3) is 0 Å². The van der Waals surface area contributed by atoms with E-state index in [1.807, 2.05) is 6.07 Å². The number of benzene rings is 1. The number of hydrogen-bond acceptors (Lipinski definition) is 3. The summed E-state index contributed by atoms with van der Waals surface area (Å²) in [7, 11) is 1.48. The molecule has 0 saturated heterocycles. The van der Waals surface area contributed by atoms with Gasteiger partial charge in [0.1, 0.15) is 0 Å². The predicted octanol–water partition coefficient (Wildman–Crippen LogP) is 3.10. The molecule has 1 aliphatic carbocycles. The highest BCUT2D eigenvalue weighted by Gasteiger charge is 2.33. The lowest BCUT2D eigenvalue weighted by Crippen LogP contribution is -2.36. The summed E-state index contributed by atoms with van der Waals surface area (Å²) in [6.45, 7) is 3.75. The molecule has 0 aliphatic heterocycles. The van der Waals surface area contributed by atoms with Crippen LogP contribution in [0, 0.1) is 5.82 Å². The number of ether oxygens (including phenoxy) is 1. The van der Waals surface area contributed by atoms with Gasteiger partial charge in [-0.25, -0.2) is 4.39 Å². The summed E-state index contributed by atoms with van der Waals surface area (Å²) >= 11 is 0. The van der Waals surface area contributed by atoms with Gasteiger partial charge in [-0.1, -0.05) is 19.4 Å². The van der Waals surface area contributed by atoms with Gasteiger partial charge in [0, 0.05) is 18.6 Å². The molecule has 20 heavy (non-hydrogen) atoms. The van der Waals surface area contributed by atoms with Crippen LogP contribution in [0.4, 0.5) is 4.39 Å². The molecule has 112 valence electrons. The van der Waals surface area contributed by atoms with E-state index in [2.05, 4.69) is 11.8 Å². The van der Waals surface area contributed by atoms with E-state index < -0.39 is 0 Å². The largest absolute Gasteiger partial charge is 0.494 e. The fourth-order valence-corrected chi connectivity index (χ4v) is 2.69. The second kappa shape index (κ2) is 7.04. The normalized spacial score (nSPS) is 16.4. The zero-order valence-corrected chi connectivity index (χ0v) is 12.4. The van der Waals surface area contributed by atoms with Crippen LogP contribution in [0.1, 0.15) is 44.2 Å². The molecule has 4 heteroatoms. The van der Waals surface area contributed by atoms with E-state index >= 15 is 0 Å². The molecular weight excluding hydrogens is 255 g/mol. The lowest BCUT2D eigenvalue weighted by Gasteiger charge is -2.31. The summed E-state index contributed by atoms with van der Waals surface area (Å²) in [5, 5.41) is 0. The maximum absolute atomic E-state index is 13.9. The van der Waals surface area contributed by atoms with Crippen molar-refractivity contribution >= 4 is 0 Å². The number of hydrogen-bond donors (Lipinski definition) is 1. The lowest BCUT2D eigenvalue weighted by molar-refractivity contribution is 0.188. The van der Waals surface area contributed by atoms with Crippen LogP contribution in [-0.2, 0) is 0 Å². The highest BCUT2D eigenvalue weighted by molar-refractivity contribution is 5.31. The number of methoxy groups -OCH3 is 1. The Hall–Kier alpha value is -1.13. The van der Waals surface area contributed by atoms with E-state index in [-0.39, 0.29) is 17.6 Å². The average molecular weight is 280 g/mol. The third kappa shape index (κ3) is 3.49. The Morgan fingerprint density at radius 1 is 1.45 bits per heavy atom. The number of nitrogens with zero attached hydrogens (tertiary/aromatic N) is 1. The molecule has 2 N–H and O–H groups in total. The van der Waals surface area contributed by atoms with Crippen molar-refractivity contribution in [2.24, 2.45) is 5.73 Å². The van der Waals surface area contributed by atoms with Gasteiger partial charge >= 0.3 is 0 Å². The van der Waals surface area contributed by atoms with Gasteiger partial charge in [0.15, 0.2) is 11.6 Å². The molecule has 0 spiro atoms. The van der Waals surface area contributed by atoms with Crippen LogP contribution < -0.4 is 10.5 Å². The Labute approximate surface area is 120 Å². The summed E-state index contributed by atoms with van der Waals surface area (Å²) in [6.07, 6.45) is 4.79. The van der Waals surface area contributed by atoms with Crippen LogP contribution in [0.2, 0.25) is 0 Å². The minimum Gasteiger partial charge on any atom is -0.494 e. The molecule has 0 bridgehead atoms. The van der Waals surface area contributed by atoms with E-state index in [0.717, 1.165) is 24.9 Å². The van der Waals surface area contributed by atoms with Crippen molar-refractivity contribution in [2.45, 2.75) is 44.7 Å². The van der Waals surface area contributed by atoms with Crippen molar-refractivity contribution in [3.05, 3.63) is 29.6 Å². The van der Waals surface area contributed by atoms with Crippen LogP contribution in [0.15, 0.2) is 18.2 Å². The monoisotopic (exact) mass is 280 g/mol. The molecule has 1 unspecified atom stereocenters. The van der Waals surface area contributed by atoms with E-state index in [4.69, 9.17) is 10.5 Å². The molecule has 0 aromatic heterocycles. The standard InChI is InChI=1S/C16H25FN2O/c1-3-4-9-19(13-6-7-13)15(11-18)12-5-8-16(20-2)14(17)10-12/h5,8,10,13,15H,3-4,6-7,9,11,18H2,1-2H3. The van der Waals surface area contributed by atoms with Crippen LogP contribution in [0.3, 0.4) is 0 Å². The van der Waals surface area contributed by atoms with Crippen molar-refractivity contribution in [1.29, 1.82) is 0 Å². The maximum atomic E-state index is 13.9. The van der Waals surface area contributed by atoms with Crippen LogP contribution >= 0.6 is 0 Å². The van der Waals surface area contributed by atoms with Gasteiger partial charge in [0.05, 0.1) is 7.11 Å². The Morgan fingerprint density at radius 2 is 2.20 bits per heavy atom. The molecule has 1 aromatic rings. The summed E-state index contributed by atoms with van der Waals surface area (Å²) < 4.78 is 18.9. The first-order valence-electron chi connectivity index (χ1n) is 7.50. The summed E-state index contributed by atoms with van der Waals surface area (Å²) in [5.41, 5.74) is 6.92. The van der Waals surface area contributed by atoms with Gasteiger partial charge < -0.3 is 10.5 Å². The highest BCUT2D eigenvalue weighted by Crippen LogP contribution is 2.35. The van der Waals surface area contributed by atoms with E-state index in [1.54, 1.807) is 12.1 Å². The average Bonchev–Trinajstić information content (AvgIpc) is 3.28. The number of nitrogens with two attached hydrogens (primary N) is 1. The van der Waals surface area contributed by atoms with Gasteiger partial charge in [-0.15, -0.1) is 0 Å². The van der Waals surface area contributed by atoms with Gasteiger partial charge in [0.2, 0.25) is 0 Å².